The highest BCUT2D eigenvalue weighted by atomic mass is 32.2. The number of hydrogen-bond acceptors (Lipinski definition) is 4. The van der Waals surface area contributed by atoms with Crippen molar-refractivity contribution in [2.75, 3.05) is 6.54 Å². The van der Waals surface area contributed by atoms with Gasteiger partial charge in [-0.2, -0.15) is 4.31 Å². The van der Waals surface area contributed by atoms with Crippen LogP contribution < -0.4 is 0 Å². The fourth-order valence-electron chi connectivity index (χ4n) is 3.19. The van der Waals surface area contributed by atoms with Crippen molar-refractivity contribution in [1.29, 1.82) is 0 Å². The van der Waals surface area contributed by atoms with Crippen LogP contribution in [0.15, 0.2) is 53.4 Å². The monoisotopic (exact) mass is 346 g/mol. The molecule has 1 saturated heterocycles. The summed E-state index contributed by atoms with van der Waals surface area (Å²) in [4.78, 5) is 10.3. The molecule has 0 N–H and O–H groups in total. The standard InChI is InChI=1S/C17H18N2O4S/c1-13-6-4-7-14(12-13)15-9-5-11-18(15)24(22,23)17-10-3-2-8-16(17)19(20)21/h2-4,6-8,10,12,15H,5,9,11H2,1H3. The van der Waals surface area contributed by atoms with Crippen molar-refractivity contribution in [2.24, 2.45) is 0 Å². The topological polar surface area (TPSA) is 80.5 Å². The quantitative estimate of drug-likeness (QED) is 0.627. The Kier molecular flexibility index (Phi) is 4.38. The van der Waals surface area contributed by atoms with E-state index in [0.717, 1.165) is 17.5 Å². The minimum atomic E-state index is -3.93. The van der Waals surface area contributed by atoms with Gasteiger partial charge in [-0.15, -0.1) is 0 Å². The van der Waals surface area contributed by atoms with E-state index in [1.165, 1.54) is 28.6 Å². The second-order valence-electron chi connectivity index (χ2n) is 5.91. The fourth-order valence-corrected chi connectivity index (χ4v) is 5.03. The molecular weight excluding hydrogens is 328 g/mol. The molecule has 6 nitrogen and oxygen atoms in total. The van der Waals surface area contributed by atoms with Crippen LogP contribution in [0.2, 0.25) is 0 Å². The van der Waals surface area contributed by atoms with E-state index in [4.69, 9.17) is 0 Å². The minimum Gasteiger partial charge on any atom is -0.258 e. The van der Waals surface area contributed by atoms with Crippen LogP contribution in [0.5, 0.6) is 0 Å². The van der Waals surface area contributed by atoms with E-state index in [9.17, 15) is 18.5 Å². The van der Waals surface area contributed by atoms with Gasteiger partial charge in [-0.3, -0.25) is 10.1 Å². The van der Waals surface area contributed by atoms with Crippen molar-refractivity contribution < 1.29 is 13.3 Å². The summed E-state index contributed by atoms with van der Waals surface area (Å²) >= 11 is 0. The molecule has 0 aliphatic carbocycles. The minimum absolute atomic E-state index is 0.241. The smallest absolute Gasteiger partial charge is 0.258 e. The second kappa shape index (κ2) is 6.33. The molecule has 1 atom stereocenters. The Labute approximate surface area is 140 Å². The Hall–Kier alpha value is -2.25. The molecule has 1 aliphatic rings. The summed E-state index contributed by atoms with van der Waals surface area (Å²) < 4.78 is 27.5. The Morgan fingerprint density at radius 1 is 1.17 bits per heavy atom. The first-order valence-corrected chi connectivity index (χ1v) is 9.17. The first-order chi connectivity index (χ1) is 11.4. The third-order valence-electron chi connectivity index (χ3n) is 4.28. The molecule has 7 heteroatoms. The predicted octanol–water partition coefficient (Wildman–Crippen LogP) is 3.43. The summed E-state index contributed by atoms with van der Waals surface area (Å²) in [5, 5.41) is 11.2. The van der Waals surface area contributed by atoms with Crippen molar-refractivity contribution in [2.45, 2.75) is 30.7 Å². The van der Waals surface area contributed by atoms with Crippen LogP contribution in [0.4, 0.5) is 5.69 Å². The molecule has 0 bridgehead atoms. The maximum absolute atomic E-state index is 13.0. The lowest BCUT2D eigenvalue weighted by molar-refractivity contribution is -0.387. The fraction of sp³-hybridized carbons (Fsp3) is 0.294. The number of hydrogen-bond donors (Lipinski definition) is 0. The van der Waals surface area contributed by atoms with E-state index < -0.39 is 14.9 Å². The SMILES string of the molecule is Cc1cccc(C2CCCN2S(=O)(=O)c2ccccc2[N+](=O)[O-])c1. The molecular formula is C17H18N2O4S. The highest BCUT2D eigenvalue weighted by Gasteiger charge is 2.39. The molecule has 1 unspecified atom stereocenters. The van der Waals surface area contributed by atoms with E-state index >= 15 is 0 Å². The first kappa shape index (κ1) is 16.6. The maximum atomic E-state index is 13.0. The number of nitrogens with zero attached hydrogens (tertiary/aromatic N) is 2. The zero-order valence-electron chi connectivity index (χ0n) is 13.3. The molecule has 1 heterocycles. The van der Waals surface area contributed by atoms with Crippen LogP contribution in [0, 0.1) is 17.0 Å². The number of sulfonamides is 1. The normalized spacial score (nSPS) is 18.6. The largest absolute Gasteiger partial charge is 0.289 e. The molecule has 126 valence electrons. The molecule has 0 aromatic heterocycles. The summed E-state index contributed by atoms with van der Waals surface area (Å²) in [6.45, 7) is 2.33. The van der Waals surface area contributed by atoms with Crippen molar-refractivity contribution in [1.82, 2.24) is 4.31 Å². The Bertz CT molecular complexity index is 880. The van der Waals surface area contributed by atoms with Crippen LogP contribution >= 0.6 is 0 Å². The van der Waals surface area contributed by atoms with Gasteiger partial charge in [0, 0.05) is 12.6 Å². The molecule has 3 rings (SSSR count). The van der Waals surface area contributed by atoms with Crippen LogP contribution in [-0.4, -0.2) is 24.2 Å². The van der Waals surface area contributed by atoms with Crippen LogP contribution in [0.25, 0.3) is 0 Å². The highest BCUT2D eigenvalue weighted by Crippen LogP contribution is 2.38. The Balaban J connectivity index is 2.05. The van der Waals surface area contributed by atoms with Gasteiger partial charge >= 0.3 is 0 Å². The van der Waals surface area contributed by atoms with Gasteiger partial charge in [0.25, 0.3) is 5.69 Å². The van der Waals surface area contributed by atoms with Gasteiger partial charge in [-0.1, -0.05) is 42.0 Å². The summed E-state index contributed by atoms with van der Waals surface area (Å²) in [6.07, 6.45) is 1.45. The van der Waals surface area contributed by atoms with E-state index in [2.05, 4.69) is 0 Å². The second-order valence-corrected chi connectivity index (χ2v) is 7.77. The Morgan fingerprint density at radius 2 is 1.92 bits per heavy atom. The van der Waals surface area contributed by atoms with Gasteiger partial charge in [0.2, 0.25) is 10.0 Å². The number of nitro groups is 1. The molecule has 24 heavy (non-hydrogen) atoms. The van der Waals surface area contributed by atoms with E-state index in [0.29, 0.717) is 13.0 Å². The first-order valence-electron chi connectivity index (χ1n) is 7.73. The molecule has 0 spiro atoms. The molecule has 0 amide bonds. The third kappa shape index (κ3) is 2.92. The van der Waals surface area contributed by atoms with Gasteiger partial charge < -0.3 is 0 Å². The molecule has 1 fully saturated rings. The third-order valence-corrected chi connectivity index (χ3v) is 6.23. The molecule has 2 aromatic carbocycles. The van der Waals surface area contributed by atoms with Crippen LogP contribution in [0.3, 0.4) is 0 Å². The highest BCUT2D eigenvalue weighted by molar-refractivity contribution is 7.89. The van der Waals surface area contributed by atoms with Crippen LogP contribution in [0.1, 0.15) is 30.0 Å². The van der Waals surface area contributed by atoms with Crippen molar-refractivity contribution in [3.63, 3.8) is 0 Å². The lowest BCUT2D eigenvalue weighted by Gasteiger charge is -2.24. The average molecular weight is 346 g/mol. The lowest BCUT2D eigenvalue weighted by Crippen LogP contribution is -2.31. The van der Waals surface area contributed by atoms with Gasteiger partial charge in [-0.05, 0) is 31.4 Å². The average Bonchev–Trinajstić information content (AvgIpc) is 3.05. The molecule has 0 saturated carbocycles. The lowest BCUT2D eigenvalue weighted by atomic mass is 10.0. The number of benzene rings is 2. The zero-order valence-corrected chi connectivity index (χ0v) is 14.1. The van der Waals surface area contributed by atoms with Gasteiger partial charge in [0.1, 0.15) is 0 Å². The predicted molar refractivity (Wildman–Crippen MR) is 90.1 cm³/mol. The number of aryl methyl sites for hydroxylation is 1. The molecule has 0 radical (unpaired) electrons. The Morgan fingerprint density at radius 3 is 2.62 bits per heavy atom. The van der Waals surface area contributed by atoms with Gasteiger partial charge in [0.05, 0.1) is 11.0 Å². The molecule has 2 aromatic rings. The summed E-state index contributed by atoms with van der Waals surface area (Å²) in [5.41, 5.74) is 1.60. The summed E-state index contributed by atoms with van der Waals surface area (Å²) in [7, 11) is -3.93. The van der Waals surface area contributed by atoms with Crippen molar-refractivity contribution in [3.8, 4) is 0 Å². The van der Waals surface area contributed by atoms with E-state index in [1.54, 1.807) is 0 Å². The molecule has 1 aliphatic heterocycles. The summed E-state index contributed by atoms with van der Waals surface area (Å²) in [6, 6.07) is 13.0. The number of para-hydroxylation sites is 1. The maximum Gasteiger partial charge on any atom is 0.289 e. The van der Waals surface area contributed by atoms with Gasteiger partial charge in [0.15, 0.2) is 4.90 Å². The van der Waals surface area contributed by atoms with Crippen LogP contribution in [-0.2, 0) is 10.0 Å². The number of nitro benzene ring substituents is 1. The number of rotatable bonds is 4. The van der Waals surface area contributed by atoms with Crippen molar-refractivity contribution >= 4 is 15.7 Å². The van der Waals surface area contributed by atoms with Crippen molar-refractivity contribution in [3.05, 3.63) is 69.8 Å². The van der Waals surface area contributed by atoms with Gasteiger partial charge in [-0.25, -0.2) is 8.42 Å². The summed E-state index contributed by atoms with van der Waals surface area (Å²) in [5.74, 6) is 0. The van der Waals surface area contributed by atoms with E-state index in [1.807, 2.05) is 31.2 Å². The van der Waals surface area contributed by atoms with E-state index in [-0.39, 0.29) is 16.6 Å². The zero-order chi connectivity index (χ0) is 17.3.